The minimum atomic E-state index is -0.432. The summed E-state index contributed by atoms with van der Waals surface area (Å²) in [5, 5.41) is 22.0. The van der Waals surface area contributed by atoms with Gasteiger partial charge in [0.2, 0.25) is 4.77 Å². The Balaban J connectivity index is 1.76. The largest absolute Gasteiger partial charge is 0.490 e. The fraction of sp³-hybridized carbons (Fsp3) is 0.250. The molecule has 0 aliphatic rings. The van der Waals surface area contributed by atoms with Gasteiger partial charge in [-0.25, -0.2) is 0 Å². The third-order valence-corrected chi connectivity index (χ3v) is 4.43. The number of benzene rings is 2. The molecule has 0 amide bonds. The van der Waals surface area contributed by atoms with Crippen LogP contribution < -0.4 is 9.47 Å². The van der Waals surface area contributed by atoms with Crippen LogP contribution in [0.3, 0.4) is 0 Å². The number of nitrogens with zero attached hydrogens (tertiary/aromatic N) is 4. The van der Waals surface area contributed by atoms with Crippen molar-refractivity contribution in [1.29, 1.82) is 0 Å². The Labute approximate surface area is 178 Å². The Morgan fingerprint density at radius 1 is 1.20 bits per heavy atom. The molecule has 0 saturated carbocycles. The van der Waals surface area contributed by atoms with Crippen molar-refractivity contribution in [3.8, 4) is 11.5 Å². The van der Waals surface area contributed by atoms with E-state index in [1.54, 1.807) is 29.1 Å². The van der Waals surface area contributed by atoms with Crippen LogP contribution in [0.15, 0.2) is 47.6 Å². The SMILES string of the molecule is CCOc1cc(/C=N\n2c(CC)n[nH]c2=S)ccc1OCc1ccc([N+](=O)[O-])cc1. The van der Waals surface area contributed by atoms with Gasteiger partial charge in [0.25, 0.3) is 5.69 Å². The van der Waals surface area contributed by atoms with Crippen molar-refractivity contribution >= 4 is 24.1 Å². The first-order chi connectivity index (χ1) is 14.5. The molecule has 1 N–H and O–H groups in total. The smallest absolute Gasteiger partial charge is 0.269 e. The number of nitro groups is 1. The highest BCUT2D eigenvalue weighted by Crippen LogP contribution is 2.29. The number of nitrogens with one attached hydrogen (secondary N) is 1. The number of H-pyrrole nitrogens is 1. The summed E-state index contributed by atoms with van der Waals surface area (Å²) in [6.07, 6.45) is 2.37. The molecule has 9 nitrogen and oxygen atoms in total. The normalized spacial score (nSPS) is 11.0. The van der Waals surface area contributed by atoms with E-state index in [1.807, 2.05) is 26.0 Å². The van der Waals surface area contributed by atoms with Crippen molar-refractivity contribution in [2.24, 2.45) is 5.10 Å². The van der Waals surface area contributed by atoms with Gasteiger partial charge in [-0.05, 0) is 60.6 Å². The van der Waals surface area contributed by atoms with Crippen LogP contribution in [0.5, 0.6) is 11.5 Å². The Morgan fingerprint density at radius 3 is 2.63 bits per heavy atom. The monoisotopic (exact) mass is 427 g/mol. The second-order valence-electron chi connectivity index (χ2n) is 6.21. The van der Waals surface area contributed by atoms with Gasteiger partial charge in [-0.15, -0.1) is 0 Å². The maximum atomic E-state index is 10.8. The molecule has 30 heavy (non-hydrogen) atoms. The van der Waals surface area contributed by atoms with Crippen molar-refractivity contribution in [3.05, 3.63) is 74.3 Å². The van der Waals surface area contributed by atoms with Crippen LogP contribution in [0.1, 0.15) is 30.8 Å². The topological polar surface area (TPSA) is 108 Å². The van der Waals surface area contributed by atoms with Gasteiger partial charge in [-0.3, -0.25) is 15.2 Å². The fourth-order valence-corrected chi connectivity index (χ4v) is 2.86. The van der Waals surface area contributed by atoms with Gasteiger partial charge in [0.05, 0.1) is 17.7 Å². The zero-order valence-corrected chi connectivity index (χ0v) is 17.4. The number of hydrogen-bond acceptors (Lipinski definition) is 7. The first-order valence-corrected chi connectivity index (χ1v) is 9.76. The van der Waals surface area contributed by atoms with Gasteiger partial charge < -0.3 is 9.47 Å². The van der Waals surface area contributed by atoms with E-state index < -0.39 is 4.92 Å². The molecular formula is C20H21N5O4S. The molecule has 3 aromatic rings. The number of nitro benzene ring substituents is 1. The lowest BCUT2D eigenvalue weighted by molar-refractivity contribution is -0.384. The molecule has 1 aromatic heterocycles. The number of aromatic amines is 1. The first kappa shape index (κ1) is 21.2. The summed E-state index contributed by atoms with van der Waals surface area (Å²) >= 11 is 5.20. The molecule has 0 unspecified atom stereocenters. The van der Waals surface area contributed by atoms with Gasteiger partial charge in [0.1, 0.15) is 6.61 Å². The van der Waals surface area contributed by atoms with Gasteiger partial charge >= 0.3 is 0 Å². The van der Waals surface area contributed by atoms with Crippen LogP contribution in [0.25, 0.3) is 0 Å². The van der Waals surface area contributed by atoms with Crippen LogP contribution in [-0.4, -0.2) is 32.6 Å². The van der Waals surface area contributed by atoms with E-state index in [4.69, 9.17) is 21.7 Å². The minimum Gasteiger partial charge on any atom is -0.490 e. The maximum absolute atomic E-state index is 10.8. The van der Waals surface area contributed by atoms with E-state index in [0.717, 1.165) is 17.0 Å². The third-order valence-electron chi connectivity index (χ3n) is 4.17. The number of rotatable bonds is 9. The predicted molar refractivity (Wildman–Crippen MR) is 115 cm³/mol. The van der Waals surface area contributed by atoms with E-state index in [2.05, 4.69) is 15.3 Å². The summed E-state index contributed by atoms with van der Waals surface area (Å²) in [6, 6.07) is 11.7. The Morgan fingerprint density at radius 2 is 1.97 bits per heavy atom. The van der Waals surface area contributed by atoms with Gasteiger partial charge in [-0.2, -0.15) is 14.9 Å². The van der Waals surface area contributed by atoms with E-state index in [-0.39, 0.29) is 12.3 Å². The number of hydrogen-bond donors (Lipinski definition) is 1. The first-order valence-electron chi connectivity index (χ1n) is 9.35. The lowest BCUT2D eigenvalue weighted by Gasteiger charge is -2.12. The van der Waals surface area contributed by atoms with Crippen molar-refractivity contribution in [2.75, 3.05) is 6.61 Å². The van der Waals surface area contributed by atoms with E-state index in [9.17, 15) is 10.1 Å². The Kier molecular flexibility index (Phi) is 6.91. The van der Waals surface area contributed by atoms with Gasteiger partial charge in [0, 0.05) is 18.6 Å². The quantitative estimate of drug-likeness (QED) is 0.236. The molecule has 1 heterocycles. The second-order valence-corrected chi connectivity index (χ2v) is 6.59. The molecule has 0 atom stereocenters. The van der Waals surface area contributed by atoms with Crippen molar-refractivity contribution < 1.29 is 14.4 Å². The number of aromatic nitrogens is 3. The molecule has 0 fully saturated rings. The van der Waals surface area contributed by atoms with E-state index >= 15 is 0 Å². The Bertz CT molecular complexity index is 1110. The maximum Gasteiger partial charge on any atom is 0.269 e. The van der Waals surface area contributed by atoms with Crippen LogP contribution in [-0.2, 0) is 13.0 Å². The second kappa shape index (κ2) is 9.79. The molecule has 3 rings (SSSR count). The molecule has 156 valence electrons. The lowest BCUT2D eigenvalue weighted by atomic mass is 10.2. The lowest BCUT2D eigenvalue weighted by Crippen LogP contribution is -2.01. The van der Waals surface area contributed by atoms with E-state index in [1.165, 1.54) is 12.1 Å². The highest BCUT2D eigenvalue weighted by molar-refractivity contribution is 7.71. The summed E-state index contributed by atoms with van der Waals surface area (Å²) in [5.74, 6) is 1.89. The summed E-state index contributed by atoms with van der Waals surface area (Å²) < 4.78 is 13.6. The molecule has 0 spiro atoms. The highest BCUT2D eigenvalue weighted by atomic mass is 32.1. The molecule has 0 bridgehead atoms. The van der Waals surface area contributed by atoms with E-state index in [0.29, 0.717) is 29.3 Å². The standard InChI is InChI=1S/C20H21N5O4S/c1-3-19-22-23-20(30)24(19)21-12-15-7-10-17(18(11-15)28-4-2)29-13-14-5-8-16(9-6-14)25(26)27/h5-12H,3-4,13H2,1-2H3,(H,23,30)/b21-12-. The minimum absolute atomic E-state index is 0.0429. The summed E-state index contributed by atoms with van der Waals surface area (Å²) in [6.45, 7) is 4.59. The van der Waals surface area contributed by atoms with Gasteiger partial charge in [0.15, 0.2) is 17.3 Å². The number of non-ortho nitro benzene ring substituents is 1. The van der Waals surface area contributed by atoms with Crippen LogP contribution in [0, 0.1) is 14.9 Å². The van der Waals surface area contributed by atoms with Gasteiger partial charge in [-0.1, -0.05) is 6.92 Å². The molecule has 0 radical (unpaired) electrons. The number of aryl methyl sites for hydroxylation is 1. The zero-order valence-electron chi connectivity index (χ0n) is 16.6. The predicted octanol–water partition coefficient (Wildman–Crippen LogP) is 4.27. The fourth-order valence-electron chi connectivity index (χ4n) is 2.66. The zero-order chi connectivity index (χ0) is 21.5. The average Bonchev–Trinajstić information content (AvgIpc) is 3.11. The summed E-state index contributed by atoms with van der Waals surface area (Å²) in [5.41, 5.74) is 1.67. The Hall–Kier alpha value is -3.53. The summed E-state index contributed by atoms with van der Waals surface area (Å²) in [4.78, 5) is 10.3. The van der Waals surface area contributed by atoms with Crippen LogP contribution in [0.2, 0.25) is 0 Å². The molecule has 0 saturated heterocycles. The van der Waals surface area contributed by atoms with Crippen molar-refractivity contribution in [1.82, 2.24) is 14.9 Å². The molecule has 0 aliphatic heterocycles. The highest BCUT2D eigenvalue weighted by Gasteiger charge is 2.09. The number of ether oxygens (including phenoxy) is 2. The molecule has 2 aromatic carbocycles. The molecular weight excluding hydrogens is 406 g/mol. The van der Waals surface area contributed by atoms with Crippen molar-refractivity contribution in [2.45, 2.75) is 26.9 Å². The summed E-state index contributed by atoms with van der Waals surface area (Å²) in [7, 11) is 0. The van der Waals surface area contributed by atoms with Crippen LogP contribution in [0.4, 0.5) is 5.69 Å². The molecule has 0 aliphatic carbocycles. The van der Waals surface area contributed by atoms with Crippen molar-refractivity contribution in [3.63, 3.8) is 0 Å². The average molecular weight is 427 g/mol. The third kappa shape index (κ3) is 5.09. The van der Waals surface area contributed by atoms with Crippen LogP contribution >= 0.6 is 12.2 Å². The molecule has 10 heteroatoms.